The van der Waals surface area contributed by atoms with Crippen molar-refractivity contribution in [1.82, 2.24) is 21.3 Å². The van der Waals surface area contributed by atoms with Crippen LogP contribution in [-0.2, 0) is 41.7 Å². The number of primary amides is 2. The third-order valence-electron chi connectivity index (χ3n) is 8.64. The Labute approximate surface area is 332 Å². The Bertz CT molecular complexity index is 1840. The highest BCUT2D eigenvalue weighted by atomic mass is 16.5. The largest absolute Gasteiger partial charge is 0.497 e. The number of allylic oxidation sites excluding steroid dienone is 1. The van der Waals surface area contributed by atoms with Crippen molar-refractivity contribution in [2.75, 3.05) is 7.11 Å². The Kier molecular flexibility index (Phi) is 18.4. The topological polar surface area (TPSA) is 238 Å². The normalized spacial score (nSPS) is 13.1. The van der Waals surface area contributed by atoms with Crippen molar-refractivity contribution in [3.05, 3.63) is 114 Å². The summed E-state index contributed by atoms with van der Waals surface area (Å²) in [5.41, 5.74) is 12.6. The lowest BCUT2D eigenvalue weighted by Crippen LogP contribution is -2.58. The number of nitrogens with two attached hydrogens (primary N) is 2. The number of rotatable bonds is 23. The van der Waals surface area contributed by atoms with E-state index in [1.807, 2.05) is 19.9 Å². The van der Waals surface area contributed by atoms with E-state index in [2.05, 4.69) is 21.3 Å². The van der Waals surface area contributed by atoms with Crippen molar-refractivity contribution in [2.45, 2.75) is 83.1 Å². The molecule has 0 radical (unpaired) electrons. The third kappa shape index (κ3) is 16.8. The number of methoxy groups -OCH3 is 1. The lowest BCUT2D eigenvalue weighted by Gasteiger charge is -2.26. The van der Waals surface area contributed by atoms with Gasteiger partial charge >= 0.3 is 6.09 Å². The van der Waals surface area contributed by atoms with Gasteiger partial charge in [-0.15, -0.1) is 0 Å². The number of carbonyl (C=O) groups is 7. The van der Waals surface area contributed by atoms with Crippen LogP contribution in [0.4, 0.5) is 4.79 Å². The minimum absolute atomic E-state index is 0.00682. The first kappa shape index (κ1) is 44.9. The van der Waals surface area contributed by atoms with Crippen LogP contribution in [0.1, 0.15) is 67.4 Å². The number of alkyl carbamates (subject to hydrolysis) is 1. The molecule has 304 valence electrons. The van der Waals surface area contributed by atoms with Crippen LogP contribution in [0, 0.1) is 5.92 Å². The second kappa shape index (κ2) is 23.4. The summed E-state index contributed by atoms with van der Waals surface area (Å²) in [6, 6.07) is 19.7. The van der Waals surface area contributed by atoms with Gasteiger partial charge in [0, 0.05) is 30.9 Å². The number of amides is 6. The summed E-state index contributed by atoms with van der Waals surface area (Å²) in [7, 11) is 1.50. The minimum Gasteiger partial charge on any atom is -0.497 e. The minimum atomic E-state index is -1.33. The number of ketones is 1. The molecule has 3 aromatic rings. The van der Waals surface area contributed by atoms with Crippen molar-refractivity contribution in [3.63, 3.8) is 0 Å². The van der Waals surface area contributed by atoms with Crippen molar-refractivity contribution >= 4 is 41.4 Å². The first-order valence-electron chi connectivity index (χ1n) is 18.6. The molecule has 0 aliphatic carbocycles. The molecule has 0 fully saturated rings. The van der Waals surface area contributed by atoms with Gasteiger partial charge in [0.25, 0.3) is 0 Å². The Morgan fingerprint density at radius 2 is 1.19 bits per heavy atom. The van der Waals surface area contributed by atoms with Crippen LogP contribution in [0.2, 0.25) is 0 Å². The molecule has 0 spiro atoms. The predicted molar refractivity (Wildman–Crippen MR) is 212 cm³/mol. The molecule has 0 aliphatic rings. The SMILES string of the molecule is COc1ccc(C(=O)/C=C/[C@H](CCC(N)=O)NC(=O)[C@H](CCC(N)=O)NC(=O)[C@H](Cc2ccccc2)NC(=O)[C@H](CC(C)C)NC(=O)OCc2ccccc2)cc1. The summed E-state index contributed by atoms with van der Waals surface area (Å²) in [6.07, 6.45) is 1.45. The highest BCUT2D eigenvalue weighted by Crippen LogP contribution is 2.14. The molecule has 0 bridgehead atoms. The predicted octanol–water partition coefficient (Wildman–Crippen LogP) is 3.00. The number of hydrogen-bond donors (Lipinski definition) is 6. The average molecular weight is 785 g/mol. The van der Waals surface area contributed by atoms with Crippen molar-refractivity contribution < 1.29 is 43.0 Å². The fourth-order valence-electron chi connectivity index (χ4n) is 5.62. The maximum Gasteiger partial charge on any atom is 0.408 e. The van der Waals surface area contributed by atoms with Crippen LogP contribution in [0.25, 0.3) is 0 Å². The molecule has 57 heavy (non-hydrogen) atoms. The number of benzene rings is 3. The Hall–Kier alpha value is -6.51. The zero-order chi connectivity index (χ0) is 41.7. The summed E-state index contributed by atoms with van der Waals surface area (Å²) >= 11 is 0. The van der Waals surface area contributed by atoms with E-state index in [4.69, 9.17) is 20.9 Å². The number of hydrogen-bond acceptors (Lipinski definition) is 9. The summed E-state index contributed by atoms with van der Waals surface area (Å²) in [5, 5.41) is 10.7. The van der Waals surface area contributed by atoms with E-state index in [0.717, 1.165) is 5.56 Å². The Morgan fingerprint density at radius 3 is 1.77 bits per heavy atom. The van der Waals surface area contributed by atoms with E-state index >= 15 is 0 Å². The maximum absolute atomic E-state index is 14.0. The second-order valence-electron chi connectivity index (χ2n) is 13.8. The van der Waals surface area contributed by atoms with E-state index in [-0.39, 0.29) is 56.8 Å². The van der Waals surface area contributed by atoms with Gasteiger partial charge < -0.3 is 42.2 Å². The van der Waals surface area contributed by atoms with E-state index in [9.17, 15) is 33.6 Å². The highest BCUT2D eigenvalue weighted by Gasteiger charge is 2.31. The zero-order valence-electron chi connectivity index (χ0n) is 32.4. The highest BCUT2D eigenvalue weighted by molar-refractivity contribution is 6.04. The molecular formula is C42H52N6O9. The lowest BCUT2D eigenvalue weighted by atomic mass is 10.0. The molecule has 0 aromatic heterocycles. The molecule has 0 saturated carbocycles. The van der Waals surface area contributed by atoms with Crippen LogP contribution < -0.4 is 37.5 Å². The molecule has 4 atom stereocenters. The Morgan fingerprint density at radius 1 is 0.649 bits per heavy atom. The summed E-state index contributed by atoms with van der Waals surface area (Å²) in [4.78, 5) is 90.8. The second-order valence-corrected chi connectivity index (χ2v) is 13.8. The van der Waals surface area contributed by atoms with Crippen LogP contribution >= 0.6 is 0 Å². The van der Waals surface area contributed by atoms with Gasteiger partial charge in [-0.1, -0.05) is 80.6 Å². The average Bonchev–Trinajstić information content (AvgIpc) is 3.19. The molecule has 0 unspecified atom stereocenters. The summed E-state index contributed by atoms with van der Waals surface area (Å²) < 4.78 is 10.5. The monoisotopic (exact) mass is 784 g/mol. The molecular weight excluding hydrogens is 732 g/mol. The number of ether oxygens (including phenoxy) is 2. The van der Waals surface area contributed by atoms with E-state index in [1.165, 1.54) is 19.3 Å². The molecule has 3 rings (SSSR count). The molecule has 15 heteroatoms. The van der Waals surface area contributed by atoms with Gasteiger partial charge in [-0.2, -0.15) is 0 Å². The molecule has 0 aliphatic heterocycles. The fourth-order valence-corrected chi connectivity index (χ4v) is 5.62. The Balaban J connectivity index is 1.82. The molecule has 0 heterocycles. The third-order valence-corrected chi connectivity index (χ3v) is 8.64. The molecule has 15 nitrogen and oxygen atoms in total. The van der Waals surface area contributed by atoms with Gasteiger partial charge in [-0.25, -0.2) is 4.79 Å². The smallest absolute Gasteiger partial charge is 0.408 e. The van der Waals surface area contributed by atoms with Gasteiger partial charge in [0.05, 0.1) is 7.11 Å². The van der Waals surface area contributed by atoms with Crippen LogP contribution in [-0.4, -0.2) is 72.7 Å². The van der Waals surface area contributed by atoms with E-state index < -0.39 is 59.8 Å². The van der Waals surface area contributed by atoms with Gasteiger partial charge in [0.2, 0.25) is 29.5 Å². The van der Waals surface area contributed by atoms with Crippen molar-refractivity contribution in [2.24, 2.45) is 17.4 Å². The van der Waals surface area contributed by atoms with Crippen LogP contribution in [0.5, 0.6) is 5.75 Å². The van der Waals surface area contributed by atoms with Crippen molar-refractivity contribution in [3.8, 4) is 5.75 Å². The zero-order valence-corrected chi connectivity index (χ0v) is 32.4. The number of carbonyl (C=O) groups excluding carboxylic acids is 7. The van der Waals surface area contributed by atoms with Crippen LogP contribution in [0.15, 0.2) is 97.1 Å². The lowest BCUT2D eigenvalue weighted by molar-refractivity contribution is -0.133. The molecule has 8 N–H and O–H groups in total. The van der Waals surface area contributed by atoms with Gasteiger partial charge in [0.1, 0.15) is 30.5 Å². The van der Waals surface area contributed by atoms with Gasteiger partial charge in [0.15, 0.2) is 5.78 Å². The fraction of sp³-hybridized carbons (Fsp3) is 0.357. The van der Waals surface area contributed by atoms with Crippen LogP contribution in [0.3, 0.4) is 0 Å². The van der Waals surface area contributed by atoms with E-state index in [0.29, 0.717) is 16.9 Å². The standard InChI is InChI=1S/C42H52N6O9/c1-27(2)24-34(48-42(55)57-26-29-12-8-5-9-13-29)40(53)47-35(25-28-10-6-4-7-11-28)41(54)46-33(20-23-38(44)51)39(52)45-31(17-22-37(43)50)16-21-36(49)30-14-18-32(56-3)19-15-30/h4-16,18-19,21,27,31,33-35H,17,20,22-26H2,1-3H3,(H2,43,50)(H2,44,51)(H,45,52)(H,46,54)(H,47,53)(H,48,55)/b21-16+/t31-,33+,34+,35+/m1/s1. The van der Waals surface area contributed by atoms with E-state index in [1.54, 1.807) is 78.9 Å². The first-order chi connectivity index (χ1) is 27.2. The molecule has 3 aromatic carbocycles. The quantitative estimate of drug-likeness (QED) is 0.0611. The van der Waals surface area contributed by atoms with Gasteiger partial charge in [-0.3, -0.25) is 28.8 Å². The summed E-state index contributed by atoms with van der Waals surface area (Å²) in [6.45, 7) is 3.72. The summed E-state index contributed by atoms with van der Waals surface area (Å²) in [5.74, 6) is -3.40. The maximum atomic E-state index is 14.0. The van der Waals surface area contributed by atoms with Gasteiger partial charge in [-0.05, 0) is 66.6 Å². The first-order valence-corrected chi connectivity index (χ1v) is 18.6. The molecule has 6 amide bonds. The number of nitrogens with one attached hydrogen (secondary N) is 4. The molecule has 0 saturated heterocycles. The van der Waals surface area contributed by atoms with Crippen molar-refractivity contribution in [1.29, 1.82) is 0 Å².